The van der Waals surface area contributed by atoms with Crippen molar-refractivity contribution >= 4 is 5.97 Å². The lowest BCUT2D eigenvalue weighted by molar-refractivity contribution is -0.136. The van der Waals surface area contributed by atoms with E-state index in [0.29, 0.717) is 5.92 Å². The number of aliphatic carboxylic acids is 1. The molecule has 0 amide bonds. The fourth-order valence-corrected chi connectivity index (χ4v) is 0.866. The highest BCUT2D eigenvalue weighted by molar-refractivity contribution is 5.69. The van der Waals surface area contributed by atoms with E-state index in [4.69, 9.17) is 5.11 Å². The van der Waals surface area contributed by atoms with Gasteiger partial charge in [-0.05, 0) is 12.8 Å². The van der Waals surface area contributed by atoms with Crippen molar-refractivity contribution in [2.24, 2.45) is 5.92 Å². The first kappa shape index (κ1) is 9.21. The lowest BCUT2D eigenvalue weighted by Crippen LogP contribution is -1.95. The van der Waals surface area contributed by atoms with Crippen molar-refractivity contribution in [1.82, 2.24) is 0 Å². The summed E-state index contributed by atoms with van der Waals surface area (Å²) in [6, 6.07) is 0. The first-order chi connectivity index (χ1) is 4.52. The molecule has 0 radical (unpaired) electrons. The highest BCUT2D eigenvalue weighted by Crippen LogP contribution is 2.04. The molecular formula is C8H14O2. The molecule has 0 aromatic heterocycles. The van der Waals surface area contributed by atoms with Gasteiger partial charge >= 0.3 is 5.97 Å². The van der Waals surface area contributed by atoms with E-state index in [2.05, 4.69) is 0 Å². The predicted octanol–water partition coefficient (Wildman–Crippen LogP) is 2.06. The van der Waals surface area contributed by atoms with Gasteiger partial charge in [0, 0.05) is 0 Å². The minimum absolute atomic E-state index is 0.165. The Morgan fingerprint density at radius 2 is 2.10 bits per heavy atom. The number of allylic oxidation sites excluding steroid dienone is 1. The van der Waals surface area contributed by atoms with Crippen molar-refractivity contribution in [3.05, 3.63) is 11.6 Å². The molecule has 0 aliphatic heterocycles. The molecule has 2 nitrogen and oxygen atoms in total. The molecule has 0 unspecified atom stereocenters. The van der Waals surface area contributed by atoms with Crippen LogP contribution in [0.15, 0.2) is 11.6 Å². The Morgan fingerprint density at radius 1 is 1.60 bits per heavy atom. The normalized spacial score (nSPS) is 12.2. The standard InChI is InChI=1S/C8H14O2/c1-6(2)4-7(3)5-8(9)10/h4,6H,5H2,1-3H3,(H,9,10)/b7-4-. The van der Waals surface area contributed by atoms with E-state index < -0.39 is 5.97 Å². The third kappa shape index (κ3) is 5.35. The van der Waals surface area contributed by atoms with Gasteiger partial charge in [-0.2, -0.15) is 0 Å². The average Bonchev–Trinajstić information content (AvgIpc) is 1.58. The molecule has 0 spiro atoms. The van der Waals surface area contributed by atoms with Gasteiger partial charge in [-0.3, -0.25) is 4.79 Å². The summed E-state index contributed by atoms with van der Waals surface area (Å²) in [6.45, 7) is 5.91. The van der Waals surface area contributed by atoms with Crippen LogP contribution in [0.2, 0.25) is 0 Å². The summed E-state index contributed by atoms with van der Waals surface area (Å²) in [4.78, 5) is 10.2. The summed E-state index contributed by atoms with van der Waals surface area (Å²) in [5.74, 6) is -0.311. The third-order valence-electron chi connectivity index (χ3n) is 1.05. The summed E-state index contributed by atoms with van der Waals surface area (Å²) < 4.78 is 0. The Hall–Kier alpha value is -0.790. The Bertz CT molecular complexity index is 145. The van der Waals surface area contributed by atoms with E-state index in [-0.39, 0.29) is 6.42 Å². The molecule has 0 saturated carbocycles. The quantitative estimate of drug-likeness (QED) is 0.612. The molecule has 0 saturated heterocycles. The molecule has 0 aromatic carbocycles. The number of carbonyl (C=O) groups is 1. The van der Waals surface area contributed by atoms with Crippen LogP contribution in [0.3, 0.4) is 0 Å². The summed E-state index contributed by atoms with van der Waals surface area (Å²) in [5.41, 5.74) is 0.933. The van der Waals surface area contributed by atoms with Gasteiger partial charge in [-0.1, -0.05) is 25.5 Å². The molecule has 0 fully saturated rings. The minimum Gasteiger partial charge on any atom is -0.481 e. The second kappa shape index (κ2) is 4.09. The highest BCUT2D eigenvalue weighted by atomic mass is 16.4. The molecule has 0 rings (SSSR count). The van der Waals surface area contributed by atoms with Crippen LogP contribution in [0.5, 0.6) is 0 Å². The number of carboxylic acid groups (broad SMARTS) is 1. The molecule has 0 aromatic rings. The average molecular weight is 142 g/mol. The van der Waals surface area contributed by atoms with E-state index in [1.807, 2.05) is 26.8 Å². The second-order valence-corrected chi connectivity index (χ2v) is 2.83. The van der Waals surface area contributed by atoms with E-state index in [1.54, 1.807) is 0 Å². The number of hydrogen-bond donors (Lipinski definition) is 1. The van der Waals surface area contributed by atoms with Crippen LogP contribution >= 0.6 is 0 Å². The monoisotopic (exact) mass is 142 g/mol. The first-order valence-electron chi connectivity index (χ1n) is 3.41. The molecule has 1 N–H and O–H groups in total. The van der Waals surface area contributed by atoms with Crippen molar-refractivity contribution < 1.29 is 9.90 Å². The van der Waals surface area contributed by atoms with Crippen LogP contribution in [0, 0.1) is 5.92 Å². The highest BCUT2D eigenvalue weighted by Gasteiger charge is 1.98. The number of rotatable bonds is 3. The van der Waals surface area contributed by atoms with E-state index in [9.17, 15) is 4.79 Å². The topological polar surface area (TPSA) is 37.3 Å². The molecule has 0 atom stereocenters. The van der Waals surface area contributed by atoms with Crippen molar-refractivity contribution in [3.8, 4) is 0 Å². The zero-order valence-electron chi connectivity index (χ0n) is 6.72. The Labute approximate surface area is 61.6 Å². The van der Waals surface area contributed by atoms with Crippen molar-refractivity contribution in [2.45, 2.75) is 27.2 Å². The summed E-state index contributed by atoms with van der Waals surface area (Å²) >= 11 is 0. The predicted molar refractivity (Wildman–Crippen MR) is 40.8 cm³/mol. The molecule has 2 heteroatoms. The first-order valence-corrected chi connectivity index (χ1v) is 3.41. The molecule has 0 aliphatic rings. The summed E-state index contributed by atoms with van der Waals surface area (Å²) in [6.07, 6.45) is 2.13. The Balaban J connectivity index is 3.82. The van der Waals surface area contributed by atoms with Gasteiger partial charge in [0.2, 0.25) is 0 Å². The van der Waals surface area contributed by atoms with Gasteiger partial charge in [-0.25, -0.2) is 0 Å². The molecule has 0 heterocycles. The van der Waals surface area contributed by atoms with Crippen LogP contribution in [0.1, 0.15) is 27.2 Å². The number of carboxylic acids is 1. The van der Waals surface area contributed by atoms with E-state index in [1.165, 1.54) is 0 Å². The lowest BCUT2D eigenvalue weighted by atomic mass is 10.1. The van der Waals surface area contributed by atoms with Crippen molar-refractivity contribution in [1.29, 1.82) is 0 Å². The van der Waals surface area contributed by atoms with Gasteiger partial charge < -0.3 is 5.11 Å². The fraction of sp³-hybridized carbons (Fsp3) is 0.625. The Kier molecular flexibility index (Phi) is 3.77. The maximum absolute atomic E-state index is 10.2. The number of hydrogen-bond acceptors (Lipinski definition) is 1. The maximum atomic E-state index is 10.2. The largest absolute Gasteiger partial charge is 0.481 e. The van der Waals surface area contributed by atoms with Crippen LogP contribution in [-0.4, -0.2) is 11.1 Å². The summed E-state index contributed by atoms with van der Waals surface area (Å²) in [5, 5.41) is 8.36. The van der Waals surface area contributed by atoms with Gasteiger partial charge in [0.1, 0.15) is 0 Å². The van der Waals surface area contributed by atoms with Crippen LogP contribution < -0.4 is 0 Å². The van der Waals surface area contributed by atoms with Gasteiger partial charge in [0.25, 0.3) is 0 Å². The maximum Gasteiger partial charge on any atom is 0.307 e. The molecule has 58 valence electrons. The van der Waals surface area contributed by atoms with Gasteiger partial charge in [0.15, 0.2) is 0 Å². The van der Waals surface area contributed by atoms with Crippen LogP contribution in [0.25, 0.3) is 0 Å². The SMILES string of the molecule is C/C(=C/C(C)C)CC(=O)O. The fourth-order valence-electron chi connectivity index (χ4n) is 0.866. The van der Waals surface area contributed by atoms with Gasteiger partial charge in [0.05, 0.1) is 6.42 Å². The third-order valence-corrected chi connectivity index (χ3v) is 1.05. The smallest absolute Gasteiger partial charge is 0.307 e. The lowest BCUT2D eigenvalue weighted by Gasteiger charge is -1.98. The van der Waals surface area contributed by atoms with Crippen molar-refractivity contribution in [2.75, 3.05) is 0 Å². The zero-order chi connectivity index (χ0) is 8.15. The molecule has 0 aliphatic carbocycles. The van der Waals surface area contributed by atoms with Gasteiger partial charge in [-0.15, -0.1) is 0 Å². The summed E-state index contributed by atoms with van der Waals surface area (Å²) in [7, 11) is 0. The van der Waals surface area contributed by atoms with Crippen LogP contribution in [-0.2, 0) is 4.79 Å². The van der Waals surface area contributed by atoms with E-state index >= 15 is 0 Å². The zero-order valence-corrected chi connectivity index (χ0v) is 6.72. The molecular weight excluding hydrogens is 128 g/mol. The van der Waals surface area contributed by atoms with E-state index in [0.717, 1.165) is 5.57 Å². The van der Waals surface area contributed by atoms with Crippen LogP contribution in [0.4, 0.5) is 0 Å². The second-order valence-electron chi connectivity index (χ2n) is 2.83. The van der Waals surface area contributed by atoms with Crippen molar-refractivity contribution in [3.63, 3.8) is 0 Å². The minimum atomic E-state index is -0.755. The molecule has 10 heavy (non-hydrogen) atoms. The Morgan fingerprint density at radius 3 is 2.40 bits per heavy atom. The molecule has 0 bridgehead atoms.